The molecule has 5 N–H and O–H groups in total. The molecule has 1 amide bonds. The van der Waals surface area contributed by atoms with Crippen LogP contribution in [0.5, 0.6) is 0 Å². The minimum absolute atomic E-state index is 0. The van der Waals surface area contributed by atoms with Gasteiger partial charge in [-0.15, -0.1) is 24.0 Å². The van der Waals surface area contributed by atoms with Crippen LogP contribution in [0.15, 0.2) is 17.3 Å². The van der Waals surface area contributed by atoms with Crippen molar-refractivity contribution in [2.45, 2.75) is 25.8 Å². The second-order valence-corrected chi connectivity index (χ2v) is 5.30. The van der Waals surface area contributed by atoms with Crippen LogP contribution >= 0.6 is 24.0 Å². The molecule has 0 saturated carbocycles. The number of nitrogens with zero attached hydrogens (tertiary/aromatic N) is 3. The lowest BCUT2D eigenvalue weighted by Crippen LogP contribution is -2.39. The lowest BCUT2D eigenvalue weighted by Gasteiger charge is -2.20. The molecule has 1 aliphatic rings. The monoisotopic (exact) mass is 435 g/mol. The van der Waals surface area contributed by atoms with E-state index in [1.807, 2.05) is 0 Å². The van der Waals surface area contributed by atoms with E-state index in [0.29, 0.717) is 30.8 Å². The first-order valence-electron chi connectivity index (χ1n) is 7.76. The summed E-state index contributed by atoms with van der Waals surface area (Å²) in [6, 6.07) is 2.13. The number of carbonyl (C=O) groups is 1. The van der Waals surface area contributed by atoms with Crippen molar-refractivity contribution in [3.05, 3.63) is 18.0 Å². The Hall–Kier alpha value is -1.36. The van der Waals surface area contributed by atoms with Gasteiger partial charge in [-0.25, -0.2) is 0 Å². The number of nitrogens with two attached hydrogens (primary N) is 1. The van der Waals surface area contributed by atoms with E-state index in [1.54, 1.807) is 12.3 Å². The number of aromatic nitrogens is 2. The van der Waals surface area contributed by atoms with Crippen LogP contribution in [0.4, 0.5) is 0 Å². The molecule has 1 atom stereocenters. The van der Waals surface area contributed by atoms with Gasteiger partial charge >= 0.3 is 0 Å². The maximum absolute atomic E-state index is 11.6. The predicted molar refractivity (Wildman–Crippen MR) is 101 cm³/mol. The van der Waals surface area contributed by atoms with Gasteiger partial charge in [0, 0.05) is 25.3 Å². The van der Waals surface area contributed by atoms with Gasteiger partial charge in [0.2, 0.25) is 0 Å². The largest absolute Gasteiger partial charge is 0.370 e. The number of carbonyl (C=O) groups excluding carboxylic acids is 1. The molecule has 9 heteroatoms. The van der Waals surface area contributed by atoms with Crippen molar-refractivity contribution in [1.82, 2.24) is 25.7 Å². The van der Waals surface area contributed by atoms with Crippen molar-refractivity contribution in [1.29, 1.82) is 0 Å². The first-order chi connectivity index (χ1) is 10.7. The maximum atomic E-state index is 11.6. The summed E-state index contributed by atoms with van der Waals surface area (Å²) in [6.07, 6.45) is 3.96. The molecule has 1 unspecified atom stereocenters. The van der Waals surface area contributed by atoms with Crippen LogP contribution in [0.1, 0.15) is 30.3 Å². The molecule has 0 aliphatic carbocycles. The fourth-order valence-corrected chi connectivity index (χ4v) is 2.62. The highest BCUT2D eigenvalue weighted by molar-refractivity contribution is 14.0. The molecular weight excluding hydrogens is 409 g/mol. The molecule has 0 bridgehead atoms. The van der Waals surface area contributed by atoms with Gasteiger partial charge in [0.25, 0.3) is 5.91 Å². The summed E-state index contributed by atoms with van der Waals surface area (Å²) in [5, 5.41) is 12.1. The van der Waals surface area contributed by atoms with E-state index in [9.17, 15) is 4.79 Å². The topological polar surface area (TPSA) is 111 Å². The van der Waals surface area contributed by atoms with Crippen molar-refractivity contribution in [2.75, 3.05) is 32.7 Å². The van der Waals surface area contributed by atoms with Crippen molar-refractivity contribution in [3.63, 3.8) is 0 Å². The summed E-state index contributed by atoms with van der Waals surface area (Å²) in [6.45, 7) is 6.13. The Morgan fingerprint density at radius 3 is 3.00 bits per heavy atom. The Morgan fingerprint density at radius 2 is 2.30 bits per heavy atom. The normalized spacial score (nSPS) is 18.5. The average molecular weight is 435 g/mol. The molecule has 23 heavy (non-hydrogen) atoms. The number of likely N-dealkylation sites (tertiary alicyclic amines) is 1. The van der Waals surface area contributed by atoms with E-state index in [4.69, 9.17) is 5.73 Å². The summed E-state index contributed by atoms with van der Waals surface area (Å²) in [5.41, 5.74) is 6.29. The molecule has 0 spiro atoms. The van der Waals surface area contributed by atoms with Gasteiger partial charge in [-0.1, -0.05) is 6.92 Å². The molecule has 130 valence electrons. The first kappa shape index (κ1) is 19.7. The molecule has 1 saturated heterocycles. The maximum Gasteiger partial charge on any atom is 0.269 e. The zero-order valence-electron chi connectivity index (χ0n) is 13.4. The predicted octanol–water partition coefficient (Wildman–Crippen LogP) is 0.146. The fourth-order valence-electron chi connectivity index (χ4n) is 2.62. The number of aliphatic imine (C=N–C) groups is 1. The number of amides is 1. The van der Waals surface area contributed by atoms with E-state index in [-0.39, 0.29) is 29.9 Å². The summed E-state index contributed by atoms with van der Waals surface area (Å²) in [7, 11) is 0. The summed E-state index contributed by atoms with van der Waals surface area (Å²) in [4.78, 5) is 18.5. The number of guanidine groups is 1. The third-order valence-electron chi connectivity index (χ3n) is 3.84. The highest BCUT2D eigenvalue weighted by atomic mass is 127. The van der Waals surface area contributed by atoms with Crippen molar-refractivity contribution < 1.29 is 4.79 Å². The molecule has 8 nitrogen and oxygen atoms in total. The van der Waals surface area contributed by atoms with Crippen molar-refractivity contribution in [2.24, 2.45) is 10.7 Å². The zero-order valence-corrected chi connectivity index (χ0v) is 15.7. The third-order valence-corrected chi connectivity index (χ3v) is 3.84. The molecule has 1 aromatic heterocycles. The van der Waals surface area contributed by atoms with Crippen molar-refractivity contribution >= 4 is 35.8 Å². The average Bonchev–Trinajstić information content (AvgIpc) is 3.19. The molecule has 2 rings (SSSR count). The Kier molecular flexibility index (Phi) is 8.92. The van der Waals surface area contributed by atoms with E-state index in [1.165, 1.54) is 12.8 Å². The number of likely N-dealkylation sites (N-methyl/N-ethyl adjacent to an activating group) is 1. The Bertz CT molecular complexity index is 491. The Morgan fingerprint density at radius 1 is 1.52 bits per heavy atom. The van der Waals surface area contributed by atoms with E-state index in [2.05, 4.69) is 37.6 Å². The van der Waals surface area contributed by atoms with Crippen LogP contribution in [0, 0.1) is 0 Å². The number of nitrogens with one attached hydrogen (secondary N) is 3. The van der Waals surface area contributed by atoms with E-state index < -0.39 is 0 Å². The second kappa shape index (κ2) is 10.4. The lowest BCUT2D eigenvalue weighted by molar-refractivity contribution is 0.0949. The molecule has 1 fully saturated rings. The van der Waals surface area contributed by atoms with Gasteiger partial charge in [-0.05, 0) is 32.0 Å². The van der Waals surface area contributed by atoms with Crippen LogP contribution in [0.2, 0.25) is 0 Å². The zero-order chi connectivity index (χ0) is 15.8. The van der Waals surface area contributed by atoms with Gasteiger partial charge in [-0.2, -0.15) is 5.10 Å². The quantitative estimate of drug-likeness (QED) is 0.211. The van der Waals surface area contributed by atoms with Crippen molar-refractivity contribution in [3.8, 4) is 0 Å². The van der Waals surface area contributed by atoms with Gasteiger partial charge in [0.1, 0.15) is 5.69 Å². The van der Waals surface area contributed by atoms with Crippen LogP contribution in [0.25, 0.3) is 0 Å². The van der Waals surface area contributed by atoms with Crippen LogP contribution in [-0.2, 0) is 0 Å². The Labute approximate surface area is 153 Å². The van der Waals surface area contributed by atoms with Gasteiger partial charge in [0.15, 0.2) is 5.96 Å². The van der Waals surface area contributed by atoms with Gasteiger partial charge < -0.3 is 16.4 Å². The number of aromatic amines is 1. The van der Waals surface area contributed by atoms with Crippen LogP contribution in [-0.4, -0.2) is 65.7 Å². The number of hydrogen-bond acceptors (Lipinski definition) is 4. The molecule has 0 aromatic carbocycles. The van der Waals surface area contributed by atoms with Gasteiger partial charge in [-0.3, -0.25) is 19.8 Å². The molecule has 1 aliphatic heterocycles. The first-order valence-corrected chi connectivity index (χ1v) is 7.76. The number of rotatable bonds is 7. The number of hydrogen-bond donors (Lipinski definition) is 4. The van der Waals surface area contributed by atoms with Crippen LogP contribution in [0.3, 0.4) is 0 Å². The summed E-state index contributed by atoms with van der Waals surface area (Å²) >= 11 is 0. The lowest BCUT2D eigenvalue weighted by atomic mass is 10.2. The highest BCUT2D eigenvalue weighted by Gasteiger charge is 2.22. The minimum Gasteiger partial charge on any atom is -0.370 e. The Balaban J connectivity index is 0.00000264. The molecular formula is C14H26IN7O. The number of halogens is 1. The molecule has 1 aromatic rings. The SMILES string of the molecule is CCN1CCCC1CN=C(N)NCCNC(=O)c1ccn[nH]1.I. The summed E-state index contributed by atoms with van der Waals surface area (Å²) < 4.78 is 0. The molecule has 2 heterocycles. The van der Waals surface area contributed by atoms with E-state index in [0.717, 1.165) is 19.6 Å². The van der Waals surface area contributed by atoms with Gasteiger partial charge in [0.05, 0.1) is 6.54 Å². The standard InChI is InChI=1S/C14H25N7O.HI/c1-2-21-9-3-4-11(21)10-18-14(15)17-8-7-16-13(22)12-5-6-19-20-12;/h5-6,11H,2-4,7-10H2,1H3,(H,16,22)(H,19,20)(H3,15,17,18);1H. The molecule has 0 radical (unpaired) electrons. The minimum atomic E-state index is -0.181. The summed E-state index contributed by atoms with van der Waals surface area (Å²) in [5.74, 6) is 0.248. The second-order valence-electron chi connectivity index (χ2n) is 5.30. The fraction of sp³-hybridized carbons (Fsp3) is 0.643. The van der Waals surface area contributed by atoms with E-state index >= 15 is 0 Å². The van der Waals surface area contributed by atoms with Crippen LogP contribution < -0.4 is 16.4 Å². The number of H-pyrrole nitrogens is 1. The third kappa shape index (κ3) is 6.34. The smallest absolute Gasteiger partial charge is 0.269 e. The highest BCUT2D eigenvalue weighted by Crippen LogP contribution is 2.16.